The predicted octanol–water partition coefficient (Wildman–Crippen LogP) is 4.54. The number of aromatic nitrogens is 2. The van der Waals surface area contributed by atoms with E-state index in [0.29, 0.717) is 27.9 Å². The monoisotopic (exact) mass is 466 g/mol. The number of carbonyl (C=O) groups is 2. The molecule has 0 bridgehead atoms. The molecule has 0 saturated carbocycles. The number of carbonyl (C=O) groups excluding carboxylic acids is 2. The van der Waals surface area contributed by atoms with Gasteiger partial charge in [0, 0.05) is 41.1 Å². The van der Waals surface area contributed by atoms with E-state index in [9.17, 15) is 9.59 Å². The van der Waals surface area contributed by atoms with Crippen LogP contribution in [0.5, 0.6) is 17.5 Å². The number of ether oxygens (including phenoxy) is 2. The minimum atomic E-state index is -0.520. The minimum absolute atomic E-state index is 0.0914. The molecular weight excluding hydrogens is 444 g/mol. The Morgan fingerprint density at radius 3 is 2.61 bits per heavy atom. The van der Waals surface area contributed by atoms with Gasteiger partial charge >= 0.3 is 6.01 Å². The van der Waals surface area contributed by atoms with E-state index in [1.54, 1.807) is 42.5 Å². The lowest BCUT2D eigenvalue weighted by atomic mass is 10.1. The molecule has 1 aliphatic rings. The van der Waals surface area contributed by atoms with Crippen molar-refractivity contribution in [1.29, 1.82) is 0 Å². The molecule has 3 aromatic rings. The van der Waals surface area contributed by atoms with Crippen molar-refractivity contribution in [2.24, 2.45) is 5.92 Å². The summed E-state index contributed by atoms with van der Waals surface area (Å²) in [5.74, 6) is 0.0674. The second kappa shape index (κ2) is 9.46. The molecule has 0 radical (unpaired) electrons. The quantitative estimate of drug-likeness (QED) is 0.573. The lowest BCUT2D eigenvalue weighted by Crippen LogP contribution is -2.28. The van der Waals surface area contributed by atoms with Crippen molar-refractivity contribution >= 4 is 34.8 Å². The number of benzene rings is 2. The van der Waals surface area contributed by atoms with Gasteiger partial charge in [0.1, 0.15) is 11.5 Å². The fourth-order valence-electron chi connectivity index (χ4n) is 3.72. The maximum absolute atomic E-state index is 12.9. The highest BCUT2D eigenvalue weighted by Crippen LogP contribution is 2.35. The van der Waals surface area contributed by atoms with Crippen molar-refractivity contribution in [3.8, 4) is 17.5 Å². The number of methoxy groups -OCH3 is 1. The van der Waals surface area contributed by atoms with Crippen LogP contribution in [0.15, 0.2) is 48.5 Å². The van der Waals surface area contributed by atoms with Gasteiger partial charge in [0.05, 0.1) is 18.7 Å². The van der Waals surface area contributed by atoms with E-state index in [2.05, 4.69) is 15.3 Å². The van der Waals surface area contributed by atoms with E-state index in [4.69, 9.17) is 21.1 Å². The Bertz CT molecular complexity index is 1200. The number of amides is 2. The van der Waals surface area contributed by atoms with Crippen LogP contribution < -0.4 is 19.7 Å². The van der Waals surface area contributed by atoms with Gasteiger partial charge in [-0.15, -0.1) is 0 Å². The number of hydrogen-bond acceptors (Lipinski definition) is 6. The highest BCUT2D eigenvalue weighted by atomic mass is 35.5. The molecule has 1 aromatic heterocycles. The first kappa shape index (κ1) is 22.5. The van der Waals surface area contributed by atoms with Gasteiger partial charge in [-0.25, -0.2) is 9.97 Å². The molecule has 1 saturated heterocycles. The molecule has 2 aromatic carbocycles. The van der Waals surface area contributed by atoms with Crippen LogP contribution in [0.1, 0.15) is 17.8 Å². The Balaban J connectivity index is 1.45. The standard InChI is InChI=1S/C24H23ClN4O4/c1-14-9-15(2)27-24(26-14)33-19-6-4-5-18(12-19)28-23(31)16-10-22(30)29(13-16)20-11-17(25)7-8-21(20)32-3/h4-9,11-12,16H,10,13H2,1-3H3,(H,28,31). The van der Waals surface area contributed by atoms with Crippen molar-refractivity contribution in [2.75, 3.05) is 23.9 Å². The van der Waals surface area contributed by atoms with Crippen LogP contribution in [0.2, 0.25) is 5.02 Å². The number of nitrogens with one attached hydrogen (secondary N) is 1. The van der Waals surface area contributed by atoms with Crippen molar-refractivity contribution in [3.63, 3.8) is 0 Å². The summed E-state index contributed by atoms with van der Waals surface area (Å²) < 4.78 is 11.1. The molecule has 1 atom stereocenters. The molecule has 1 N–H and O–H groups in total. The average molecular weight is 467 g/mol. The van der Waals surface area contributed by atoms with Crippen LogP contribution >= 0.6 is 11.6 Å². The van der Waals surface area contributed by atoms with Gasteiger partial charge in [-0.05, 0) is 50.2 Å². The van der Waals surface area contributed by atoms with Crippen molar-refractivity contribution < 1.29 is 19.1 Å². The summed E-state index contributed by atoms with van der Waals surface area (Å²) in [6.45, 7) is 3.96. The zero-order chi connectivity index (χ0) is 23.5. The summed E-state index contributed by atoms with van der Waals surface area (Å²) in [6, 6.07) is 14.1. The fraction of sp³-hybridized carbons (Fsp3) is 0.250. The van der Waals surface area contributed by atoms with Crippen LogP contribution in [0.3, 0.4) is 0 Å². The Morgan fingerprint density at radius 2 is 1.88 bits per heavy atom. The summed E-state index contributed by atoms with van der Waals surface area (Å²) in [7, 11) is 1.52. The summed E-state index contributed by atoms with van der Waals surface area (Å²) >= 11 is 6.10. The van der Waals surface area contributed by atoms with E-state index >= 15 is 0 Å². The number of halogens is 1. The molecular formula is C24H23ClN4O4. The third kappa shape index (κ3) is 5.23. The third-order valence-corrected chi connectivity index (χ3v) is 5.44. The molecule has 33 heavy (non-hydrogen) atoms. The molecule has 0 aliphatic carbocycles. The second-order valence-electron chi connectivity index (χ2n) is 7.77. The molecule has 4 rings (SSSR count). The molecule has 170 valence electrons. The molecule has 2 heterocycles. The summed E-state index contributed by atoms with van der Waals surface area (Å²) in [5, 5.41) is 3.35. The molecule has 2 amide bonds. The number of aryl methyl sites for hydroxylation is 2. The highest BCUT2D eigenvalue weighted by molar-refractivity contribution is 6.31. The molecule has 1 fully saturated rings. The van der Waals surface area contributed by atoms with Crippen LogP contribution in [-0.2, 0) is 9.59 Å². The minimum Gasteiger partial charge on any atom is -0.495 e. The predicted molar refractivity (Wildman–Crippen MR) is 125 cm³/mol. The summed E-state index contributed by atoms with van der Waals surface area (Å²) in [5.41, 5.74) is 2.70. The van der Waals surface area contributed by atoms with Crippen LogP contribution in [-0.4, -0.2) is 35.4 Å². The first-order valence-electron chi connectivity index (χ1n) is 10.4. The van der Waals surface area contributed by atoms with E-state index in [1.165, 1.54) is 12.0 Å². The van der Waals surface area contributed by atoms with Crippen LogP contribution in [0.25, 0.3) is 0 Å². The Kier molecular flexibility index (Phi) is 6.46. The van der Waals surface area contributed by atoms with E-state index < -0.39 is 5.92 Å². The van der Waals surface area contributed by atoms with E-state index in [-0.39, 0.29) is 30.8 Å². The maximum atomic E-state index is 12.9. The summed E-state index contributed by atoms with van der Waals surface area (Å²) in [4.78, 5) is 35.6. The van der Waals surface area contributed by atoms with Gasteiger partial charge in [-0.2, -0.15) is 0 Å². The number of anilines is 2. The van der Waals surface area contributed by atoms with Gasteiger partial charge in [-0.3, -0.25) is 9.59 Å². The average Bonchev–Trinajstić information content (AvgIpc) is 3.15. The van der Waals surface area contributed by atoms with Gasteiger partial charge in [0.15, 0.2) is 0 Å². The summed E-state index contributed by atoms with van der Waals surface area (Å²) in [6.07, 6.45) is 0.0914. The number of nitrogens with zero attached hydrogens (tertiary/aromatic N) is 3. The SMILES string of the molecule is COc1ccc(Cl)cc1N1CC(C(=O)Nc2cccc(Oc3nc(C)cc(C)n3)c2)CC1=O. The van der Waals surface area contributed by atoms with Gasteiger partial charge in [0.2, 0.25) is 11.8 Å². The molecule has 1 aliphatic heterocycles. The third-order valence-electron chi connectivity index (χ3n) is 5.20. The Labute approximate surface area is 196 Å². The Morgan fingerprint density at radius 1 is 1.12 bits per heavy atom. The smallest absolute Gasteiger partial charge is 0.322 e. The van der Waals surface area contributed by atoms with Crippen molar-refractivity contribution in [2.45, 2.75) is 20.3 Å². The first-order valence-corrected chi connectivity index (χ1v) is 10.7. The number of hydrogen-bond donors (Lipinski definition) is 1. The lowest BCUT2D eigenvalue weighted by Gasteiger charge is -2.20. The highest BCUT2D eigenvalue weighted by Gasteiger charge is 2.36. The zero-order valence-electron chi connectivity index (χ0n) is 18.5. The van der Waals surface area contributed by atoms with E-state index in [0.717, 1.165) is 11.4 Å². The maximum Gasteiger partial charge on any atom is 0.322 e. The molecule has 9 heteroatoms. The lowest BCUT2D eigenvalue weighted by molar-refractivity contribution is -0.122. The Hall–Kier alpha value is -3.65. The van der Waals surface area contributed by atoms with Crippen LogP contribution in [0.4, 0.5) is 11.4 Å². The number of rotatable bonds is 6. The van der Waals surface area contributed by atoms with Crippen LogP contribution in [0, 0.1) is 19.8 Å². The molecule has 0 spiro atoms. The molecule has 1 unspecified atom stereocenters. The first-order chi connectivity index (χ1) is 15.8. The normalized spacial score (nSPS) is 15.5. The second-order valence-corrected chi connectivity index (χ2v) is 8.21. The van der Waals surface area contributed by atoms with E-state index in [1.807, 2.05) is 19.9 Å². The van der Waals surface area contributed by atoms with Gasteiger partial charge < -0.3 is 19.7 Å². The topological polar surface area (TPSA) is 93.7 Å². The van der Waals surface area contributed by atoms with Crippen molar-refractivity contribution in [1.82, 2.24) is 9.97 Å². The van der Waals surface area contributed by atoms with Gasteiger partial charge in [-0.1, -0.05) is 17.7 Å². The van der Waals surface area contributed by atoms with Gasteiger partial charge in [0.25, 0.3) is 0 Å². The zero-order valence-corrected chi connectivity index (χ0v) is 19.2. The largest absolute Gasteiger partial charge is 0.495 e. The van der Waals surface area contributed by atoms with Crippen molar-refractivity contribution in [3.05, 3.63) is 64.9 Å². The molecule has 8 nitrogen and oxygen atoms in total. The fourth-order valence-corrected chi connectivity index (χ4v) is 3.88.